The molecule has 3 heterocycles. The molecule has 2 aromatic rings. The van der Waals surface area contributed by atoms with E-state index in [0.29, 0.717) is 32.0 Å². The smallest absolute Gasteiger partial charge is 0.282 e. The Morgan fingerprint density at radius 1 is 1.29 bits per heavy atom. The van der Waals surface area contributed by atoms with Crippen molar-refractivity contribution in [2.24, 2.45) is 10.4 Å². The van der Waals surface area contributed by atoms with Gasteiger partial charge in [0.1, 0.15) is 5.82 Å². The lowest BCUT2D eigenvalue weighted by molar-refractivity contribution is -0.141. The molecule has 186 valence electrons. The average molecular weight is 564 g/mol. The number of aromatic nitrogens is 2. The third-order valence-electron chi connectivity index (χ3n) is 5.53. The molecule has 0 radical (unpaired) electrons. The maximum absolute atomic E-state index is 13.4. The highest BCUT2D eigenvalue weighted by Gasteiger charge is 2.45. The minimum atomic E-state index is -3.68. The molecule has 2 aliphatic rings. The van der Waals surface area contributed by atoms with E-state index in [2.05, 4.69) is 36.6 Å². The molecule has 16 heteroatoms. The second-order valence-electron chi connectivity index (χ2n) is 7.95. The molecule has 0 unspecified atom stereocenters. The number of nitrogens with one attached hydrogen (secondary N) is 2. The highest BCUT2D eigenvalue weighted by Crippen LogP contribution is 2.31. The van der Waals surface area contributed by atoms with Crippen LogP contribution in [-0.4, -0.2) is 96.0 Å². The van der Waals surface area contributed by atoms with Gasteiger partial charge in [0.15, 0.2) is 11.5 Å². The summed E-state index contributed by atoms with van der Waals surface area (Å²) in [6, 6.07) is 4.02. The average Bonchev–Trinajstić information content (AvgIpc) is 3.36. The Morgan fingerprint density at radius 3 is 2.71 bits per heavy atom. The molecule has 34 heavy (non-hydrogen) atoms. The van der Waals surface area contributed by atoms with Gasteiger partial charge in [-0.3, -0.25) is 10.7 Å². The molecule has 13 nitrogen and oxygen atoms in total. The van der Waals surface area contributed by atoms with Crippen LogP contribution in [0, 0.1) is 11.2 Å². The van der Waals surface area contributed by atoms with E-state index in [1.54, 1.807) is 0 Å². The Hall–Kier alpha value is -2.21. The van der Waals surface area contributed by atoms with Crippen molar-refractivity contribution in [2.75, 3.05) is 57.9 Å². The van der Waals surface area contributed by atoms with E-state index in [1.807, 2.05) is 5.48 Å². The van der Waals surface area contributed by atoms with Crippen molar-refractivity contribution in [3.05, 3.63) is 34.2 Å². The number of amidine groups is 1. The molecule has 4 rings (SSSR count). The summed E-state index contributed by atoms with van der Waals surface area (Å²) in [6.45, 7) is 1.66. The minimum absolute atomic E-state index is 0.0451. The Morgan fingerprint density at radius 2 is 2.06 bits per heavy atom. The standard InChI is InChI=1S/C18H23BrFN7O6S/c19-13-7-12(1-2-14(13)20)22-17(23-29)15-16(25-33-24-15)21-3-4-26-5-6-27(34(26,30)31)8-18(9-28)10-32-11-18/h1-2,7,28-29H,3-6,8-11H2,(H,21,25)(H,22,23). The molecule has 0 atom stereocenters. The van der Waals surface area contributed by atoms with Crippen LogP contribution in [0.4, 0.5) is 15.9 Å². The monoisotopic (exact) mass is 563 g/mol. The fraction of sp³-hybridized carbons (Fsp3) is 0.500. The van der Waals surface area contributed by atoms with Gasteiger partial charge in [-0.1, -0.05) is 0 Å². The summed E-state index contributed by atoms with van der Waals surface area (Å²) < 4.78 is 51.9. The largest absolute Gasteiger partial charge is 0.396 e. The van der Waals surface area contributed by atoms with Gasteiger partial charge in [-0.25, -0.2) is 14.0 Å². The highest BCUT2D eigenvalue weighted by molar-refractivity contribution is 9.10. The molecule has 1 aromatic carbocycles. The van der Waals surface area contributed by atoms with Crippen molar-refractivity contribution in [3.8, 4) is 0 Å². The van der Waals surface area contributed by atoms with Gasteiger partial charge in [-0.15, -0.1) is 0 Å². The lowest BCUT2D eigenvalue weighted by Gasteiger charge is -2.41. The molecular weight excluding hydrogens is 541 g/mol. The lowest BCUT2D eigenvalue weighted by Crippen LogP contribution is -2.54. The second kappa shape index (κ2) is 10.2. The number of rotatable bonds is 9. The van der Waals surface area contributed by atoms with Gasteiger partial charge in [0.05, 0.1) is 35.4 Å². The van der Waals surface area contributed by atoms with E-state index in [0.717, 1.165) is 0 Å². The third kappa shape index (κ3) is 5.07. The number of aliphatic hydroxyl groups is 1. The lowest BCUT2D eigenvalue weighted by atomic mass is 9.87. The van der Waals surface area contributed by atoms with Crippen LogP contribution in [0.1, 0.15) is 5.69 Å². The Bertz CT molecular complexity index is 1150. The molecule has 1 aromatic heterocycles. The maximum Gasteiger partial charge on any atom is 0.282 e. The number of aliphatic hydroxyl groups excluding tert-OH is 1. The van der Waals surface area contributed by atoms with E-state index in [1.165, 1.54) is 26.8 Å². The van der Waals surface area contributed by atoms with Crippen LogP contribution in [0.15, 0.2) is 32.3 Å². The topological polar surface area (TPSA) is 166 Å². The first-order valence-corrected chi connectivity index (χ1v) is 12.4. The molecule has 0 spiro atoms. The SMILES string of the molecule is O=S1(=O)N(CCNc2nonc2C(=Nc2ccc(F)c(Br)c2)NO)CCN1CC1(CO)COC1. The van der Waals surface area contributed by atoms with Gasteiger partial charge in [0.2, 0.25) is 5.82 Å². The molecule has 0 saturated carbocycles. The maximum atomic E-state index is 13.4. The van der Waals surface area contributed by atoms with Crippen molar-refractivity contribution in [1.29, 1.82) is 0 Å². The summed E-state index contributed by atoms with van der Waals surface area (Å²) in [6.07, 6.45) is 0. The molecule has 0 amide bonds. The fourth-order valence-corrected chi connectivity index (χ4v) is 5.65. The van der Waals surface area contributed by atoms with E-state index in [4.69, 9.17) is 9.37 Å². The predicted octanol–water partition coefficient (Wildman–Crippen LogP) is 0.312. The van der Waals surface area contributed by atoms with Crippen molar-refractivity contribution >= 4 is 43.5 Å². The van der Waals surface area contributed by atoms with Crippen molar-refractivity contribution in [1.82, 2.24) is 24.4 Å². The summed E-state index contributed by atoms with van der Waals surface area (Å²) in [7, 11) is -3.68. The van der Waals surface area contributed by atoms with Crippen molar-refractivity contribution in [2.45, 2.75) is 0 Å². The van der Waals surface area contributed by atoms with Gasteiger partial charge < -0.3 is 15.2 Å². The quantitative estimate of drug-likeness (QED) is 0.189. The second-order valence-corrected chi connectivity index (χ2v) is 10.7. The van der Waals surface area contributed by atoms with E-state index >= 15 is 0 Å². The predicted molar refractivity (Wildman–Crippen MR) is 120 cm³/mol. The van der Waals surface area contributed by atoms with E-state index in [-0.39, 0.29) is 48.1 Å². The number of aliphatic imine (C=N–C) groups is 1. The minimum Gasteiger partial charge on any atom is -0.396 e. The Balaban J connectivity index is 1.38. The normalized spacial score (nSPS) is 20.3. The summed E-state index contributed by atoms with van der Waals surface area (Å²) in [5, 5.41) is 29.5. The number of anilines is 1. The zero-order chi connectivity index (χ0) is 24.3. The van der Waals surface area contributed by atoms with Crippen LogP contribution < -0.4 is 10.8 Å². The number of hydrogen-bond donors (Lipinski definition) is 4. The van der Waals surface area contributed by atoms with Crippen LogP contribution in [0.5, 0.6) is 0 Å². The fourth-order valence-electron chi connectivity index (χ4n) is 3.58. The number of nitrogens with zero attached hydrogens (tertiary/aromatic N) is 5. The molecule has 2 aliphatic heterocycles. The van der Waals surface area contributed by atoms with Gasteiger partial charge in [0.25, 0.3) is 10.2 Å². The van der Waals surface area contributed by atoms with Crippen LogP contribution in [0.2, 0.25) is 0 Å². The molecular formula is C18H23BrFN7O6S. The number of hydroxylamine groups is 1. The molecule has 0 aliphatic carbocycles. The zero-order valence-electron chi connectivity index (χ0n) is 17.8. The van der Waals surface area contributed by atoms with Crippen LogP contribution >= 0.6 is 15.9 Å². The zero-order valence-corrected chi connectivity index (χ0v) is 20.2. The van der Waals surface area contributed by atoms with Crippen LogP contribution in [0.3, 0.4) is 0 Å². The highest BCUT2D eigenvalue weighted by atomic mass is 79.9. The van der Waals surface area contributed by atoms with Crippen molar-refractivity contribution < 1.29 is 32.5 Å². The van der Waals surface area contributed by atoms with E-state index in [9.17, 15) is 23.1 Å². The summed E-state index contributed by atoms with van der Waals surface area (Å²) in [5.41, 5.74) is 1.73. The first-order chi connectivity index (χ1) is 16.3. The van der Waals surface area contributed by atoms with Gasteiger partial charge >= 0.3 is 0 Å². The number of hydrogen-bond acceptors (Lipinski definition) is 10. The van der Waals surface area contributed by atoms with E-state index < -0.39 is 21.4 Å². The Labute approximate surface area is 202 Å². The van der Waals surface area contributed by atoms with Crippen molar-refractivity contribution in [3.63, 3.8) is 0 Å². The first kappa shape index (κ1) is 24.9. The number of benzene rings is 1. The molecule has 0 bridgehead atoms. The van der Waals surface area contributed by atoms with Gasteiger partial charge in [-0.05, 0) is 44.4 Å². The number of halogens is 2. The number of ether oxygens (including phenoxy) is 1. The molecule has 2 fully saturated rings. The van der Waals surface area contributed by atoms with Crippen LogP contribution in [-0.2, 0) is 14.9 Å². The molecule has 2 saturated heterocycles. The Kier molecular flexibility index (Phi) is 7.46. The molecule has 4 N–H and O–H groups in total. The third-order valence-corrected chi connectivity index (χ3v) is 8.12. The van der Waals surface area contributed by atoms with Crippen LogP contribution in [0.25, 0.3) is 0 Å². The summed E-state index contributed by atoms with van der Waals surface area (Å²) in [4.78, 5) is 4.17. The van der Waals surface area contributed by atoms with Gasteiger partial charge in [0, 0.05) is 32.7 Å². The summed E-state index contributed by atoms with van der Waals surface area (Å²) >= 11 is 3.07. The first-order valence-electron chi connectivity index (χ1n) is 10.2. The van der Waals surface area contributed by atoms with Gasteiger partial charge in [-0.2, -0.15) is 17.0 Å². The summed E-state index contributed by atoms with van der Waals surface area (Å²) in [5.74, 6) is -0.453.